The van der Waals surface area contributed by atoms with Gasteiger partial charge in [-0.15, -0.1) is 0 Å². The van der Waals surface area contributed by atoms with Crippen molar-refractivity contribution in [2.75, 3.05) is 0 Å². The molecule has 0 N–H and O–H groups in total. The molecule has 0 aliphatic heterocycles. The maximum Gasteiger partial charge on any atom is 0.184 e. The molecule has 0 heterocycles. The Morgan fingerprint density at radius 2 is 1.65 bits per heavy atom. The molecule has 1 atom stereocenters. The highest BCUT2D eigenvalue weighted by atomic mass is 16.5. The minimum absolute atomic E-state index is 0.407. The molecule has 2 aromatic carbocycles. The fourth-order valence-corrected chi connectivity index (χ4v) is 2.17. The SMILES string of the molecule is Cc1ccccc1CCC(C#N)Oc1ccccc1C. The molecular formula is C18H19NO. The van der Waals surface area contributed by atoms with Gasteiger partial charge in [-0.3, -0.25) is 0 Å². The minimum atomic E-state index is -0.407. The van der Waals surface area contributed by atoms with E-state index in [-0.39, 0.29) is 0 Å². The predicted octanol–water partition coefficient (Wildman–Crippen LogP) is 4.21. The van der Waals surface area contributed by atoms with E-state index in [0.29, 0.717) is 6.42 Å². The molecule has 2 rings (SSSR count). The molecule has 0 bridgehead atoms. The zero-order valence-electron chi connectivity index (χ0n) is 12.0. The van der Waals surface area contributed by atoms with Crippen LogP contribution in [0.15, 0.2) is 48.5 Å². The first-order chi connectivity index (χ1) is 9.70. The summed E-state index contributed by atoms with van der Waals surface area (Å²) in [6.45, 7) is 4.09. The van der Waals surface area contributed by atoms with Crippen LogP contribution < -0.4 is 4.74 Å². The van der Waals surface area contributed by atoms with Crippen molar-refractivity contribution in [3.05, 3.63) is 65.2 Å². The first-order valence-corrected chi connectivity index (χ1v) is 6.87. The summed E-state index contributed by atoms with van der Waals surface area (Å²) in [6, 6.07) is 18.3. The minimum Gasteiger partial charge on any atom is -0.475 e. The van der Waals surface area contributed by atoms with E-state index in [4.69, 9.17) is 4.74 Å². The average molecular weight is 265 g/mol. The quantitative estimate of drug-likeness (QED) is 0.811. The van der Waals surface area contributed by atoms with Gasteiger partial charge in [-0.2, -0.15) is 5.26 Å². The Morgan fingerprint density at radius 3 is 2.30 bits per heavy atom. The second-order valence-corrected chi connectivity index (χ2v) is 4.97. The van der Waals surface area contributed by atoms with Crippen LogP contribution in [0.2, 0.25) is 0 Å². The van der Waals surface area contributed by atoms with Gasteiger partial charge < -0.3 is 4.74 Å². The third kappa shape index (κ3) is 3.61. The Morgan fingerprint density at radius 1 is 1.00 bits per heavy atom. The molecule has 2 aromatic rings. The molecule has 0 spiro atoms. The number of hydrogen-bond donors (Lipinski definition) is 0. The molecule has 0 fully saturated rings. The average Bonchev–Trinajstić information content (AvgIpc) is 2.47. The number of rotatable bonds is 5. The van der Waals surface area contributed by atoms with Gasteiger partial charge in [0.2, 0.25) is 0 Å². The van der Waals surface area contributed by atoms with Crippen molar-refractivity contribution in [1.82, 2.24) is 0 Å². The number of nitrogens with zero attached hydrogens (tertiary/aromatic N) is 1. The fourth-order valence-electron chi connectivity index (χ4n) is 2.17. The van der Waals surface area contributed by atoms with E-state index in [0.717, 1.165) is 17.7 Å². The maximum absolute atomic E-state index is 9.25. The van der Waals surface area contributed by atoms with Crippen LogP contribution in [-0.4, -0.2) is 6.10 Å². The largest absolute Gasteiger partial charge is 0.475 e. The molecule has 0 aromatic heterocycles. The van der Waals surface area contributed by atoms with Gasteiger partial charge in [-0.1, -0.05) is 42.5 Å². The van der Waals surface area contributed by atoms with Crippen LogP contribution in [0.3, 0.4) is 0 Å². The van der Waals surface area contributed by atoms with Crippen molar-refractivity contribution < 1.29 is 4.74 Å². The summed E-state index contributed by atoms with van der Waals surface area (Å²) in [5, 5.41) is 9.25. The van der Waals surface area contributed by atoms with E-state index >= 15 is 0 Å². The van der Waals surface area contributed by atoms with Gasteiger partial charge in [0.05, 0.1) is 0 Å². The van der Waals surface area contributed by atoms with Crippen molar-refractivity contribution in [3.8, 4) is 11.8 Å². The molecule has 0 amide bonds. The zero-order chi connectivity index (χ0) is 14.4. The summed E-state index contributed by atoms with van der Waals surface area (Å²) in [4.78, 5) is 0. The number of ether oxygens (including phenoxy) is 1. The Hall–Kier alpha value is -2.27. The van der Waals surface area contributed by atoms with Gasteiger partial charge in [0.15, 0.2) is 6.10 Å². The predicted molar refractivity (Wildman–Crippen MR) is 80.7 cm³/mol. The normalized spacial score (nSPS) is 11.7. The fraction of sp³-hybridized carbons (Fsp3) is 0.278. The van der Waals surface area contributed by atoms with Gasteiger partial charge in [-0.05, 0) is 43.0 Å². The van der Waals surface area contributed by atoms with E-state index in [2.05, 4.69) is 25.1 Å². The smallest absolute Gasteiger partial charge is 0.184 e. The molecule has 1 unspecified atom stereocenters. The van der Waals surface area contributed by atoms with Gasteiger partial charge in [0.1, 0.15) is 11.8 Å². The molecule has 2 heteroatoms. The highest BCUT2D eigenvalue weighted by molar-refractivity contribution is 5.32. The lowest BCUT2D eigenvalue weighted by molar-refractivity contribution is 0.244. The van der Waals surface area contributed by atoms with Crippen LogP contribution in [0.25, 0.3) is 0 Å². The highest BCUT2D eigenvalue weighted by Crippen LogP contribution is 2.20. The van der Waals surface area contributed by atoms with Crippen LogP contribution >= 0.6 is 0 Å². The summed E-state index contributed by atoms with van der Waals surface area (Å²) in [6.07, 6.45) is 1.16. The first-order valence-electron chi connectivity index (χ1n) is 6.87. The van der Waals surface area contributed by atoms with Gasteiger partial charge in [-0.25, -0.2) is 0 Å². The van der Waals surface area contributed by atoms with Crippen LogP contribution in [0, 0.1) is 25.2 Å². The first kappa shape index (κ1) is 14.1. The summed E-state index contributed by atoms with van der Waals surface area (Å²) in [5.74, 6) is 0.795. The zero-order valence-corrected chi connectivity index (χ0v) is 12.0. The number of benzene rings is 2. The van der Waals surface area contributed by atoms with Crippen LogP contribution in [0.1, 0.15) is 23.1 Å². The van der Waals surface area contributed by atoms with Crippen LogP contribution in [0.4, 0.5) is 0 Å². The number of aryl methyl sites for hydroxylation is 3. The van der Waals surface area contributed by atoms with E-state index in [1.165, 1.54) is 11.1 Å². The van der Waals surface area contributed by atoms with Crippen molar-refractivity contribution >= 4 is 0 Å². The second-order valence-electron chi connectivity index (χ2n) is 4.97. The molecule has 102 valence electrons. The molecule has 0 aliphatic rings. The van der Waals surface area contributed by atoms with Crippen LogP contribution in [0.5, 0.6) is 5.75 Å². The van der Waals surface area contributed by atoms with Crippen molar-refractivity contribution in [1.29, 1.82) is 5.26 Å². The lowest BCUT2D eigenvalue weighted by Crippen LogP contribution is -2.15. The lowest BCUT2D eigenvalue weighted by atomic mass is 10.0. The molecule has 20 heavy (non-hydrogen) atoms. The van der Waals surface area contributed by atoms with Gasteiger partial charge >= 0.3 is 0 Å². The summed E-state index contributed by atoms with van der Waals surface area (Å²) >= 11 is 0. The molecular weight excluding hydrogens is 246 g/mol. The van der Waals surface area contributed by atoms with E-state index in [9.17, 15) is 5.26 Å². The number of hydrogen-bond acceptors (Lipinski definition) is 2. The second kappa shape index (κ2) is 6.77. The lowest BCUT2D eigenvalue weighted by Gasteiger charge is -2.14. The van der Waals surface area contributed by atoms with Gasteiger partial charge in [0.25, 0.3) is 0 Å². The van der Waals surface area contributed by atoms with Crippen molar-refractivity contribution in [3.63, 3.8) is 0 Å². The Balaban J connectivity index is 1.99. The van der Waals surface area contributed by atoms with Gasteiger partial charge in [0, 0.05) is 6.42 Å². The molecule has 0 radical (unpaired) electrons. The molecule has 0 saturated heterocycles. The monoisotopic (exact) mass is 265 g/mol. The Bertz CT molecular complexity index is 613. The van der Waals surface area contributed by atoms with E-state index in [1.54, 1.807) is 0 Å². The third-order valence-electron chi connectivity index (χ3n) is 3.44. The standard InChI is InChI=1S/C18H19NO/c1-14-7-3-5-9-16(14)11-12-17(13-19)20-18-10-6-4-8-15(18)2/h3-10,17H,11-12H2,1-2H3. The summed E-state index contributed by atoms with van der Waals surface area (Å²) in [7, 11) is 0. The molecule has 2 nitrogen and oxygen atoms in total. The van der Waals surface area contributed by atoms with Crippen molar-refractivity contribution in [2.45, 2.75) is 32.8 Å². The Labute approximate surface area is 120 Å². The van der Waals surface area contributed by atoms with Crippen LogP contribution in [-0.2, 0) is 6.42 Å². The maximum atomic E-state index is 9.25. The number of nitriles is 1. The summed E-state index contributed by atoms with van der Waals surface area (Å²) in [5.41, 5.74) is 3.60. The van der Waals surface area contributed by atoms with Crippen molar-refractivity contribution in [2.24, 2.45) is 0 Å². The topological polar surface area (TPSA) is 33.0 Å². The number of para-hydroxylation sites is 1. The molecule has 0 saturated carbocycles. The summed E-state index contributed by atoms with van der Waals surface area (Å²) < 4.78 is 5.79. The highest BCUT2D eigenvalue weighted by Gasteiger charge is 2.11. The van der Waals surface area contributed by atoms with E-state index < -0.39 is 6.10 Å². The Kier molecular flexibility index (Phi) is 4.79. The third-order valence-corrected chi connectivity index (χ3v) is 3.44. The van der Waals surface area contributed by atoms with E-state index in [1.807, 2.05) is 43.3 Å². The molecule has 0 aliphatic carbocycles.